The lowest BCUT2D eigenvalue weighted by Crippen LogP contribution is -2.40. The molecule has 228 valence electrons. The normalized spacial score (nSPS) is 21.1. The second kappa shape index (κ2) is 12.5. The number of nitrogens with one attached hydrogen (secondary N) is 3. The SMILES string of the molecule is CCCCNc1ccc2c3c(cc(-c4ccc(C(=N)/C5=C(\C(C)=N)CCC6CC6CC5)cc4)cc13)C(=O)N(CCCC)C2=O. The van der Waals surface area contributed by atoms with Crippen molar-refractivity contribution in [2.45, 2.75) is 78.6 Å². The zero-order chi connectivity index (χ0) is 31.0. The summed E-state index contributed by atoms with van der Waals surface area (Å²) in [5, 5.41) is 22.8. The Hall–Kier alpha value is -4.06. The van der Waals surface area contributed by atoms with E-state index in [2.05, 4.69) is 25.2 Å². The first-order chi connectivity index (χ1) is 21.3. The van der Waals surface area contributed by atoms with Crippen molar-refractivity contribution < 1.29 is 9.59 Å². The van der Waals surface area contributed by atoms with Crippen LogP contribution in [-0.4, -0.2) is 41.2 Å². The Kier molecular flexibility index (Phi) is 8.53. The van der Waals surface area contributed by atoms with Gasteiger partial charge in [0.15, 0.2) is 0 Å². The third-order valence-electron chi connectivity index (χ3n) is 9.87. The van der Waals surface area contributed by atoms with E-state index >= 15 is 0 Å². The number of fused-ring (bicyclic) bond motifs is 1. The smallest absolute Gasteiger partial charge is 0.261 e. The molecule has 0 bridgehead atoms. The van der Waals surface area contributed by atoms with Gasteiger partial charge in [-0.15, -0.1) is 0 Å². The quantitative estimate of drug-likeness (QED) is 0.118. The highest BCUT2D eigenvalue weighted by atomic mass is 16.2. The molecule has 44 heavy (non-hydrogen) atoms. The minimum Gasteiger partial charge on any atom is -0.385 e. The molecule has 6 rings (SSSR count). The average Bonchev–Trinajstić information content (AvgIpc) is 3.76. The van der Waals surface area contributed by atoms with Crippen LogP contribution in [0.15, 0.2) is 59.7 Å². The Labute approximate surface area is 260 Å². The average molecular weight is 589 g/mol. The highest BCUT2D eigenvalue weighted by molar-refractivity contribution is 6.27. The van der Waals surface area contributed by atoms with Crippen molar-refractivity contribution in [2.24, 2.45) is 11.8 Å². The number of hydrogen-bond acceptors (Lipinski definition) is 5. The van der Waals surface area contributed by atoms with Crippen molar-refractivity contribution in [2.75, 3.05) is 18.4 Å². The molecule has 0 saturated heterocycles. The molecule has 3 N–H and O–H groups in total. The lowest BCUT2D eigenvalue weighted by atomic mass is 9.86. The molecule has 3 aliphatic rings. The zero-order valence-corrected chi connectivity index (χ0v) is 26.3. The second-order valence-corrected chi connectivity index (χ2v) is 12.9. The molecule has 1 saturated carbocycles. The van der Waals surface area contributed by atoms with Gasteiger partial charge in [0.2, 0.25) is 0 Å². The number of allylic oxidation sites excluding steroid dienone is 2. The largest absolute Gasteiger partial charge is 0.385 e. The van der Waals surface area contributed by atoms with Crippen LogP contribution in [0, 0.1) is 22.7 Å². The molecule has 0 spiro atoms. The lowest BCUT2D eigenvalue weighted by Gasteiger charge is -2.28. The van der Waals surface area contributed by atoms with E-state index < -0.39 is 0 Å². The fourth-order valence-corrected chi connectivity index (χ4v) is 7.13. The number of amides is 2. The maximum atomic E-state index is 13.8. The molecule has 6 heteroatoms. The molecule has 1 aliphatic heterocycles. The first kappa shape index (κ1) is 30.0. The Bertz CT molecular complexity index is 1680. The summed E-state index contributed by atoms with van der Waals surface area (Å²) >= 11 is 0. The number of carbonyl (C=O) groups excluding carboxylic acids is 2. The highest BCUT2D eigenvalue weighted by Crippen LogP contribution is 2.48. The van der Waals surface area contributed by atoms with Crippen LogP contribution in [0.1, 0.15) is 105 Å². The number of rotatable bonds is 11. The molecule has 3 aromatic carbocycles. The fourth-order valence-electron chi connectivity index (χ4n) is 7.13. The van der Waals surface area contributed by atoms with Crippen molar-refractivity contribution in [3.05, 3.63) is 76.4 Å². The van der Waals surface area contributed by atoms with Gasteiger partial charge in [0.1, 0.15) is 0 Å². The topological polar surface area (TPSA) is 97.1 Å². The van der Waals surface area contributed by atoms with Crippen LogP contribution in [0.25, 0.3) is 21.9 Å². The monoisotopic (exact) mass is 588 g/mol. The van der Waals surface area contributed by atoms with Crippen LogP contribution in [0.2, 0.25) is 0 Å². The van der Waals surface area contributed by atoms with Gasteiger partial charge in [-0.2, -0.15) is 0 Å². The molecule has 1 heterocycles. The number of hydrogen-bond donors (Lipinski definition) is 3. The number of carbonyl (C=O) groups is 2. The number of unbranched alkanes of at least 4 members (excludes halogenated alkanes) is 2. The van der Waals surface area contributed by atoms with E-state index in [-0.39, 0.29) is 11.8 Å². The summed E-state index contributed by atoms with van der Waals surface area (Å²) in [4.78, 5) is 28.7. The van der Waals surface area contributed by atoms with Gasteiger partial charge in [-0.25, -0.2) is 0 Å². The van der Waals surface area contributed by atoms with Crippen molar-refractivity contribution in [3.8, 4) is 11.1 Å². The first-order valence-corrected chi connectivity index (χ1v) is 16.5. The lowest BCUT2D eigenvalue weighted by molar-refractivity contribution is 0.0608. The van der Waals surface area contributed by atoms with Gasteiger partial charge in [-0.3, -0.25) is 19.9 Å². The number of imide groups is 1. The summed E-state index contributed by atoms with van der Waals surface area (Å²) in [6.07, 6.45) is 9.09. The predicted octanol–water partition coefficient (Wildman–Crippen LogP) is 9.03. The molecule has 0 aromatic heterocycles. The van der Waals surface area contributed by atoms with Gasteiger partial charge in [0.25, 0.3) is 11.8 Å². The molecule has 1 fully saturated rings. The molecule has 2 amide bonds. The molecule has 3 aromatic rings. The molecule has 6 nitrogen and oxygen atoms in total. The van der Waals surface area contributed by atoms with Crippen molar-refractivity contribution in [1.82, 2.24) is 4.90 Å². The summed E-state index contributed by atoms with van der Waals surface area (Å²) < 4.78 is 0. The van der Waals surface area contributed by atoms with Gasteiger partial charge in [-0.1, -0.05) is 51.0 Å². The van der Waals surface area contributed by atoms with Crippen molar-refractivity contribution in [3.63, 3.8) is 0 Å². The summed E-state index contributed by atoms with van der Waals surface area (Å²) in [5.41, 5.74) is 8.03. The van der Waals surface area contributed by atoms with E-state index in [1.54, 1.807) is 0 Å². The fraction of sp³-hybridized carbons (Fsp3) is 0.421. The number of anilines is 1. The molecule has 2 atom stereocenters. The zero-order valence-electron chi connectivity index (χ0n) is 26.3. The third kappa shape index (κ3) is 5.62. The minimum absolute atomic E-state index is 0.211. The van der Waals surface area contributed by atoms with Gasteiger partial charge in [0, 0.05) is 46.4 Å². The molecule has 0 radical (unpaired) electrons. The summed E-state index contributed by atoms with van der Waals surface area (Å²) in [7, 11) is 0. The van der Waals surface area contributed by atoms with Gasteiger partial charge >= 0.3 is 0 Å². The molecule has 2 unspecified atom stereocenters. The maximum Gasteiger partial charge on any atom is 0.261 e. The summed E-state index contributed by atoms with van der Waals surface area (Å²) in [5.74, 6) is 1.17. The van der Waals surface area contributed by atoms with Crippen LogP contribution < -0.4 is 5.32 Å². The molecular weight excluding hydrogens is 544 g/mol. The Morgan fingerprint density at radius 2 is 1.52 bits per heavy atom. The Balaban J connectivity index is 1.38. The Morgan fingerprint density at radius 3 is 2.20 bits per heavy atom. The number of nitrogens with zero attached hydrogens (tertiary/aromatic N) is 1. The van der Waals surface area contributed by atoms with Gasteiger partial charge in [0.05, 0.1) is 5.71 Å². The predicted molar refractivity (Wildman–Crippen MR) is 180 cm³/mol. The molecule has 2 aliphatic carbocycles. The maximum absolute atomic E-state index is 13.8. The van der Waals surface area contributed by atoms with Crippen molar-refractivity contribution in [1.29, 1.82) is 10.8 Å². The van der Waals surface area contributed by atoms with E-state index in [4.69, 9.17) is 10.8 Å². The van der Waals surface area contributed by atoms with E-state index in [0.717, 1.165) is 114 Å². The second-order valence-electron chi connectivity index (χ2n) is 12.9. The van der Waals surface area contributed by atoms with Crippen LogP contribution in [0.5, 0.6) is 0 Å². The van der Waals surface area contributed by atoms with E-state index in [1.807, 2.05) is 49.4 Å². The van der Waals surface area contributed by atoms with Crippen LogP contribution >= 0.6 is 0 Å². The van der Waals surface area contributed by atoms with Crippen LogP contribution in [0.4, 0.5) is 5.69 Å². The summed E-state index contributed by atoms with van der Waals surface area (Å²) in [6, 6.07) is 16.0. The number of benzene rings is 3. The van der Waals surface area contributed by atoms with E-state index in [0.29, 0.717) is 29.1 Å². The Morgan fingerprint density at radius 1 is 0.841 bits per heavy atom. The minimum atomic E-state index is -0.226. The first-order valence-electron chi connectivity index (χ1n) is 16.5. The van der Waals surface area contributed by atoms with Crippen LogP contribution in [0.3, 0.4) is 0 Å². The van der Waals surface area contributed by atoms with Crippen molar-refractivity contribution >= 4 is 39.7 Å². The third-order valence-corrected chi connectivity index (χ3v) is 9.87. The highest BCUT2D eigenvalue weighted by Gasteiger charge is 2.38. The molecular formula is C38H44N4O2. The van der Waals surface area contributed by atoms with E-state index in [1.165, 1.54) is 11.3 Å². The van der Waals surface area contributed by atoms with Gasteiger partial charge in [-0.05, 0) is 116 Å². The van der Waals surface area contributed by atoms with Gasteiger partial charge < -0.3 is 10.7 Å². The standard InChI is InChI=1S/C38H44N4O2/c1-4-6-18-41-34-17-16-31-35-32(34)21-28(22-33(35)38(44)42(37(31)43)19-7-5-2)24-8-10-25(11-9-24)36(40)30-15-13-27-20-26(27)12-14-29(30)23(3)39/h8-11,16-17,21-22,26-27,39-41H,4-7,12-15,18-20H2,1-3H3/b30-29-,39-23?,40-36?. The van der Waals surface area contributed by atoms with E-state index in [9.17, 15) is 9.59 Å². The summed E-state index contributed by atoms with van der Waals surface area (Å²) in [6.45, 7) is 7.32. The van der Waals surface area contributed by atoms with Crippen LogP contribution in [-0.2, 0) is 0 Å².